The van der Waals surface area contributed by atoms with Crippen LogP contribution in [-0.2, 0) is 6.54 Å². The molecule has 0 aromatic carbocycles. The van der Waals surface area contributed by atoms with Crippen molar-refractivity contribution in [3.8, 4) is 0 Å². The monoisotopic (exact) mass is 276 g/mol. The second kappa shape index (κ2) is 6.66. The van der Waals surface area contributed by atoms with Crippen molar-refractivity contribution in [2.24, 2.45) is 11.7 Å². The first-order valence-electron chi connectivity index (χ1n) is 7.51. The highest BCUT2D eigenvalue weighted by atomic mass is 15.2. The van der Waals surface area contributed by atoms with E-state index >= 15 is 0 Å². The molecule has 0 saturated carbocycles. The zero-order chi connectivity index (χ0) is 14.6. The number of aromatic nitrogens is 1. The molecule has 1 saturated heterocycles. The highest BCUT2D eigenvalue weighted by Gasteiger charge is 2.26. The molecule has 2 rings (SSSR count). The SMILES string of the molecule is CN(Cc1cccnc1)CC1CCN(CC(C)(C)N)C1. The second-order valence-electron chi connectivity index (χ2n) is 6.94. The minimum Gasteiger partial charge on any atom is -0.324 e. The Morgan fingerprint density at radius 1 is 1.50 bits per heavy atom. The molecule has 0 spiro atoms. The van der Waals surface area contributed by atoms with Gasteiger partial charge in [0.05, 0.1) is 0 Å². The van der Waals surface area contributed by atoms with E-state index in [1.165, 1.54) is 25.1 Å². The fraction of sp³-hybridized carbons (Fsp3) is 0.688. The molecular weight excluding hydrogens is 248 g/mol. The summed E-state index contributed by atoms with van der Waals surface area (Å²) in [6.45, 7) is 9.70. The largest absolute Gasteiger partial charge is 0.324 e. The maximum absolute atomic E-state index is 6.11. The summed E-state index contributed by atoms with van der Waals surface area (Å²) in [5.41, 5.74) is 7.30. The molecule has 0 radical (unpaired) electrons. The number of likely N-dealkylation sites (tertiary alicyclic amines) is 1. The number of hydrogen-bond donors (Lipinski definition) is 1. The lowest BCUT2D eigenvalue weighted by Crippen LogP contribution is -2.44. The van der Waals surface area contributed by atoms with E-state index in [1.807, 2.05) is 18.5 Å². The molecule has 1 aliphatic rings. The van der Waals surface area contributed by atoms with E-state index in [2.05, 4.69) is 41.7 Å². The van der Waals surface area contributed by atoms with E-state index in [0.29, 0.717) is 0 Å². The van der Waals surface area contributed by atoms with Gasteiger partial charge in [-0.15, -0.1) is 0 Å². The summed E-state index contributed by atoms with van der Waals surface area (Å²) < 4.78 is 0. The molecule has 1 unspecified atom stereocenters. The average Bonchev–Trinajstić information content (AvgIpc) is 2.75. The van der Waals surface area contributed by atoms with Gasteiger partial charge in [0.2, 0.25) is 0 Å². The van der Waals surface area contributed by atoms with Crippen molar-refractivity contribution in [2.75, 3.05) is 33.2 Å². The molecule has 1 atom stereocenters. The highest BCUT2D eigenvalue weighted by molar-refractivity contribution is 5.07. The Hall–Kier alpha value is -0.970. The molecule has 4 heteroatoms. The summed E-state index contributed by atoms with van der Waals surface area (Å²) in [4.78, 5) is 9.08. The molecule has 0 bridgehead atoms. The van der Waals surface area contributed by atoms with Gasteiger partial charge >= 0.3 is 0 Å². The molecule has 0 amide bonds. The van der Waals surface area contributed by atoms with Crippen molar-refractivity contribution < 1.29 is 0 Å². The van der Waals surface area contributed by atoms with Crippen LogP contribution in [0, 0.1) is 5.92 Å². The van der Waals surface area contributed by atoms with E-state index in [4.69, 9.17) is 5.73 Å². The molecule has 1 aliphatic heterocycles. The molecule has 1 aromatic rings. The maximum atomic E-state index is 6.11. The molecule has 2 N–H and O–H groups in total. The summed E-state index contributed by atoms with van der Waals surface area (Å²) in [5, 5.41) is 0. The molecule has 4 nitrogen and oxygen atoms in total. The van der Waals surface area contributed by atoms with Crippen molar-refractivity contribution in [1.82, 2.24) is 14.8 Å². The van der Waals surface area contributed by atoms with Gasteiger partial charge in [0, 0.05) is 44.1 Å². The van der Waals surface area contributed by atoms with Gasteiger partial charge in [-0.1, -0.05) is 6.07 Å². The molecule has 112 valence electrons. The van der Waals surface area contributed by atoms with Crippen LogP contribution < -0.4 is 5.73 Å². The van der Waals surface area contributed by atoms with Crippen LogP contribution in [-0.4, -0.2) is 53.5 Å². The van der Waals surface area contributed by atoms with Gasteiger partial charge in [-0.2, -0.15) is 0 Å². The number of rotatable bonds is 6. The van der Waals surface area contributed by atoms with Crippen LogP contribution >= 0.6 is 0 Å². The third-order valence-corrected chi connectivity index (χ3v) is 3.75. The lowest BCUT2D eigenvalue weighted by atomic mass is 10.1. The predicted molar refractivity (Wildman–Crippen MR) is 83.4 cm³/mol. The zero-order valence-electron chi connectivity index (χ0n) is 13.0. The Kier molecular flexibility index (Phi) is 5.13. The van der Waals surface area contributed by atoms with Crippen LogP contribution in [0.15, 0.2) is 24.5 Å². The van der Waals surface area contributed by atoms with E-state index < -0.39 is 0 Å². The molecule has 1 aromatic heterocycles. The normalized spacial score (nSPS) is 20.8. The third-order valence-electron chi connectivity index (χ3n) is 3.75. The summed E-state index contributed by atoms with van der Waals surface area (Å²) in [7, 11) is 2.20. The summed E-state index contributed by atoms with van der Waals surface area (Å²) in [6, 6.07) is 4.14. The van der Waals surface area contributed by atoms with Crippen molar-refractivity contribution >= 4 is 0 Å². The number of hydrogen-bond acceptors (Lipinski definition) is 4. The van der Waals surface area contributed by atoms with Gasteiger partial charge in [-0.05, 0) is 51.4 Å². The van der Waals surface area contributed by atoms with E-state index in [9.17, 15) is 0 Å². The fourth-order valence-corrected chi connectivity index (χ4v) is 3.09. The smallest absolute Gasteiger partial charge is 0.0312 e. The zero-order valence-corrected chi connectivity index (χ0v) is 13.0. The lowest BCUT2D eigenvalue weighted by Gasteiger charge is -2.27. The average molecular weight is 276 g/mol. The van der Waals surface area contributed by atoms with Crippen LogP contribution in [0.2, 0.25) is 0 Å². The van der Waals surface area contributed by atoms with E-state index in [1.54, 1.807) is 0 Å². The minimum absolute atomic E-state index is 0.0868. The van der Waals surface area contributed by atoms with Gasteiger partial charge in [-0.25, -0.2) is 0 Å². The quantitative estimate of drug-likeness (QED) is 0.857. The Bertz CT molecular complexity index is 399. The first-order chi connectivity index (χ1) is 9.42. The van der Waals surface area contributed by atoms with Gasteiger partial charge in [0.1, 0.15) is 0 Å². The predicted octanol–water partition coefficient (Wildman–Crippen LogP) is 1.57. The number of nitrogens with two attached hydrogens (primary N) is 1. The summed E-state index contributed by atoms with van der Waals surface area (Å²) >= 11 is 0. The van der Waals surface area contributed by atoms with Crippen molar-refractivity contribution in [3.05, 3.63) is 30.1 Å². The second-order valence-corrected chi connectivity index (χ2v) is 6.94. The molecule has 20 heavy (non-hydrogen) atoms. The summed E-state index contributed by atoms with van der Waals surface area (Å²) in [5.74, 6) is 0.763. The standard InChI is InChI=1S/C16H28N4/c1-16(2,17)13-20-8-6-15(12-20)11-19(3)10-14-5-4-7-18-9-14/h4-5,7,9,15H,6,8,10-13,17H2,1-3H3. The Labute approximate surface area is 123 Å². The first-order valence-corrected chi connectivity index (χ1v) is 7.51. The molecular formula is C16H28N4. The van der Waals surface area contributed by atoms with Gasteiger partial charge in [0.25, 0.3) is 0 Å². The topological polar surface area (TPSA) is 45.4 Å². The van der Waals surface area contributed by atoms with Crippen LogP contribution in [0.5, 0.6) is 0 Å². The van der Waals surface area contributed by atoms with Crippen molar-refractivity contribution in [3.63, 3.8) is 0 Å². The van der Waals surface area contributed by atoms with Crippen LogP contribution in [0.1, 0.15) is 25.8 Å². The highest BCUT2D eigenvalue weighted by Crippen LogP contribution is 2.19. The van der Waals surface area contributed by atoms with E-state index in [0.717, 1.165) is 25.6 Å². The number of nitrogens with zero attached hydrogens (tertiary/aromatic N) is 3. The Morgan fingerprint density at radius 3 is 2.95 bits per heavy atom. The van der Waals surface area contributed by atoms with Crippen LogP contribution in [0.25, 0.3) is 0 Å². The van der Waals surface area contributed by atoms with E-state index in [-0.39, 0.29) is 5.54 Å². The van der Waals surface area contributed by atoms with Gasteiger partial charge in [-0.3, -0.25) is 4.98 Å². The molecule has 1 fully saturated rings. The number of pyridine rings is 1. The van der Waals surface area contributed by atoms with Crippen molar-refractivity contribution in [2.45, 2.75) is 32.4 Å². The first kappa shape index (κ1) is 15.4. The van der Waals surface area contributed by atoms with Crippen molar-refractivity contribution in [1.29, 1.82) is 0 Å². The van der Waals surface area contributed by atoms with Gasteiger partial charge < -0.3 is 15.5 Å². The van der Waals surface area contributed by atoms with Crippen LogP contribution in [0.3, 0.4) is 0 Å². The Morgan fingerprint density at radius 2 is 2.30 bits per heavy atom. The summed E-state index contributed by atoms with van der Waals surface area (Å²) in [6.07, 6.45) is 5.06. The van der Waals surface area contributed by atoms with Gasteiger partial charge in [0.15, 0.2) is 0 Å². The van der Waals surface area contributed by atoms with Crippen LogP contribution in [0.4, 0.5) is 0 Å². The fourth-order valence-electron chi connectivity index (χ4n) is 3.09. The minimum atomic E-state index is -0.0868. The molecule has 2 heterocycles. The third kappa shape index (κ3) is 5.19. The lowest BCUT2D eigenvalue weighted by molar-refractivity contribution is 0.236. The molecule has 0 aliphatic carbocycles. The maximum Gasteiger partial charge on any atom is 0.0312 e. The Balaban J connectivity index is 1.74.